The lowest BCUT2D eigenvalue weighted by molar-refractivity contribution is -0.135. The molecule has 3 aromatic rings. The molecule has 0 heterocycles. The minimum Gasteiger partial charge on any atom is -0.461 e. The van der Waals surface area contributed by atoms with E-state index in [-0.39, 0.29) is 12.3 Å². The summed E-state index contributed by atoms with van der Waals surface area (Å²) in [5.74, 6) is -0.600. The van der Waals surface area contributed by atoms with Gasteiger partial charge >= 0.3 is 5.97 Å². The molecule has 3 aromatic carbocycles. The van der Waals surface area contributed by atoms with Gasteiger partial charge in [-0.25, -0.2) is 4.79 Å². The Labute approximate surface area is 170 Å². The highest BCUT2D eigenvalue weighted by Crippen LogP contribution is 2.38. The summed E-state index contributed by atoms with van der Waals surface area (Å²) in [5.41, 5.74) is 8.41. The maximum Gasteiger partial charge on any atom is 0.356 e. The van der Waals surface area contributed by atoms with Crippen LogP contribution in [0.3, 0.4) is 0 Å². The Kier molecular flexibility index (Phi) is 4.85. The fraction of sp³-hybridized carbons (Fsp3) is 0.160. The molecule has 4 rings (SSSR count). The number of carbonyl (C=O) groups is 1. The first-order valence-corrected chi connectivity index (χ1v) is 9.66. The number of aryl methyl sites for hydroxylation is 1. The van der Waals surface area contributed by atoms with Crippen molar-refractivity contribution in [1.29, 1.82) is 10.8 Å². The summed E-state index contributed by atoms with van der Waals surface area (Å²) < 4.78 is 4.95. The highest BCUT2D eigenvalue weighted by molar-refractivity contribution is 6.42. The Morgan fingerprint density at radius 2 is 1.55 bits per heavy atom. The van der Waals surface area contributed by atoms with Crippen LogP contribution < -0.4 is 0 Å². The van der Waals surface area contributed by atoms with E-state index in [4.69, 9.17) is 15.6 Å². The van der Waals surface area contributed by atoms with Gasteiger partial charge in [-0.3, -0.25) is 10.8 Å². The lowest BCUT2D eigenvalue weighted by Crippen LogP contribution is -2.17. The van der Waals surface area contributed by atoms with Crippen LogP contribution in [0.1, 0.15) is 40.3 Å². The van der Waals surface area contributed by atoms with Gasteiger partial charge in [0.1, 0.15) is 5.71 Å². The maximum absolute atomic E-state index is 11.9. The molecule has 4 heteroatoms. The molecular weight excluding hydrogens is 360 g/mol. The van der Waals surface area contributed by atoms with Crippen LogP contribution in [-0.2, 0) is 16.0 Å². The summed E-state index contributed by atoms with van der Waals surface area (Å²) in [4.78, 5) is 11.9. The number of benzene rings is 3. The molecule has 0 unspecified atom stereocenters. The Morgan fingerprint density at radius 3 is 2.21 bits per heavy atom. The molecule has 0 spiro atoms. The largest absolute Gasteiger partial charge is 0.461 e. The molecular formula is C25H22N2O2. The maximum atomic E-state index is 11.9. The molecule has 144 valence electrons. The predicted octanol–water partition coefficient (Wildman–Crippen LogP) is 4.91. The quantitative estimate of drug-likeness (QED) is 0.380. The monoisotopic (exact) mass is 382 g/mol. The van der Waals surface area contributed by atoms with Crippen LogP contribution in [0, 0.1) is 17.7 Å². The third-order valence-corrected chi connectivity index (χ3v) is 5.35. The van der Waals surface area contributed by atoms with Crippen LogP contribution in [0.2, 0.25) is 0 Å². The van der Waals surface area contributed by atoms with Gasteiger partial charge in [-0.15, -0.1) is 0 Å². The second kappa shape index (κ2) is 7.47. The molecule has 0 fully saturated rings. The van der Waals surface area contributed by atoms with Gasteiger partial charge in [-0.1, -0.05) is 48.5 Å². The minimum atomic E-state index is -0.600. The zero-order chi connectivity index (χ0) is 20.5. The van der Waals surface area contributed by atoms with Gasteiger partial charge in [0.2, 0.25) is 0 Å². The summed E-state index contributed by atoms with van der Waals surface area (Å²) >= 11 is 0. The van der Waals surface area contributed by atoms with Gasteiger partial charge in [0.25, 0.3) is 0 Å². The third kappa shape index (κ3) is 3.38. The van der Waals surface area contributed by atoms with Crippen LogP contribution in [0.25, 0.3) is 11.1 Å². The SMILES string of the molecule is CCOC(=O)C(=N)c1ccc2c(c1)Cc1cc(C(=N)c3ccccc3C)ccc1-2. The molecule has 0 radical (unpaired) electrons. The number of fused-ring (bicyclic) bond motifs is 3. The van der Waals surface area contributed by atoms with Crippen molar-refractivity contribution in [2.24, 2.45) is 0 Å². The van der Waals surface area contributed by atoms with Gasteiger partial charge in [0.15, 0.2) is 0 Å². The standard InChI is InChI=1S/C25H22N2O2/c1-3-29-25(28)24(27)17-9-11-22-19(13-17)14-18-12-16(8-10-21(18)22)23(26)20-7-5-4-6-15(20)2/h4-13,26-27H,3,14H2,1-2H3. The Morgan fingerprint density at radius 1 is 0.931 bits per heavy atom. The van der Waals surface area contributed by atoms with Crippen molar-refractivity contribution < 1.29 is 9.53 Å². The van der Waals surface area contributed by atoms with E-state index in [0.717, 1.165) is 45.4 Å². The number of carbonyl (C=O) groups excluding carboxylic acids is 1. The van der Waals surface area contributed by atoms with Gasteiger partial charge in [-0.2, -0.15) is 0 Å². The average molecular weight is 382 g/mol. The molecule has 0 bridgehead atoms. The number of ether oxygens (including phenoxy) is 1. The van der Waals surface area contributed by atoms with Crippen molar-refractivity contribution >= 4 is 17.4 Å². The molecule has 2 N–H and O–H groups in total. The average Bonchev–Trinajstić information content (AvgIpc) is 3.10. The molecule has 0 amide bonds. The van der Waals surface area contributed by atoms with Crippen LogP contribution in [0.15, 0.2) is 60.7 Å². The topological polar surface area (TPSA) is 74.0 Å². The fourth-order valence-corrected chi connectivity index (χ4v) is 3.85. The highest BCUT2D eigenvalue weighted by atomic mass is 16.5. The second-order valence-corrected chi connectivity index (χ2v) is 7.21. The highest BCUT2D eigenvalue weighted by Gasteiger charge is 2.22. The van der Waals surface area contributed by atoms with Crippen LogP contribution in [0.4, 0.5) is 0 Å². The minimum absolute atomic E-state index is 0.118. The summed E-state index contributed by atoms with van der Waals surface area (Å²) in [7, 11) is 0. The molecule has 0 saturated carbocycles. The zero-order valence-corrected chi connectivity index (χ0v) is 16.5. The Hall–Kier alpha value is -3.53. The van der Waals surface area contributed by atoms with Crippen molar-refractivity contribution in [2.75, 3.05) is 6.61 Å². The number of nitrogens with one attached hydrogen (secondary N) is 2. The molecule has 0 aliphatic heterocycles. The molecule has 29 heavy (non-hydrogen) atoms. The zero-order valence-electron chi connectivity index (χ0n) is 16.5. The first kappa shape index (κ1) is 18.8. The molecule has 0 atom stereocenters. The van der Waals surface area contributed by atoms with Crippen molar-refractivity contribution in [3.63, 3.8) is 0 Å². The lowest BCUT2D eigenvalue weighted by atomic mass is 9.95. The van der Waals surface area contributed by atoms with Gasteiger partial charge in [0, 0.05) is 16.7 Å². The summed E-state index contributed by atoms with van der Waals surface area (Å²) in [6.07, 6.45) is 0.726. The van der Waals surface area contributed by atoms with Crippen molar-refractivity contribution in [2.45, 2.75) is 20.3 Å². The Bertz CT molecular complexity index is 1160. The number of hydrogen-bond donors (Lipinski definition) is 2. The molecule has 0 aromatic heterocycles. The van der Waals surface area contributed by atoms with E-state index < -0.39 is 5.97 Å². The van der Waals surface area contributed by atoms with E-state index in [1.807, 2.05) is 49.4 Å². The van der Waals surface area contributed by atoms with Gasteiger partial charge in [0.05, 0.1) is 12.3 Å². The van der Waals surface area contributed by atoms with E-state index in [1.165, 1.54) is 0 Å². The van der Waals surface area contributed by atoms with Gasteiger partial charge < -0.3 is 4.74 Å². The van der Waals surface area contributed by atoms with Gasteiger partial charge in [-0.05, 0) is 60.2 Å². The van der Waals surface area contributed by atoms with E-state index in [9.17, 15) is 4.79 Å². The van der Waals surface area contributed by atoms with E-state index in [0.29, 0.717) is 11.3 Å². The third-order valence-electron chi connectivity index (χ3n) is 5.35. The van der Waals surface area contributed by atoms with Crippen molar-refractivity contribution in [3.8, 4) is 11.1 Å². The van der Waals surface area contributed by atoms with Crippen LogP contribution in [-0.4, -0.2) is 24.0 Å². The normalized spacial score (nSPS) is 11.5. The number of rotatable bonds is 5. The van der Waals surface area contributed by atoms with Crippen molar-refractivity contribution in [3.05, 3.63) is 94.0 Å². The van der Waals surface area contributed by atoms with Crippen molar-refractivity contribution in [1.82, 2.24) is 0 Å². The van der Waals surface area contributed by atoms with Crippen LogP contribution in [0.5, 0.6) is 0 Å². The van der Waals surface area contributed by atoms with E-state index in [2.05, 4.69) is 12.1 Å². The summed E-state index contributed by atoms with van der Waals surface area (Å²) in [6, 6.07) is 19.8. The van der Waals surface area contributed by atoms with Crippen LogP contribution >= 0.6 is 0 Å². The predicted molar refractivity (Wildman–Crippen MR) is 115 cm³/mol. The second-order valence-electron chi connectivity index (χ2n) is 7.21. The number of esters is 1. The van der Waals surface area contributed by atoms with E-state index in [1.54, 1.807) is 13.0 Å². The number of hydrogen-bond acceptors (Lipinski definition) is 4. The summed E-state index contributed by atoms with van der Waals surface area (Å²) in [5, 5.41) is 16.7. The molecule has 1 aliphatic carbocycles. The fourth-order valence-electron chi connectivity index (χ4n) is 3.85. The molecule has 0 saturated heterocycles. The van der Waals surface area contributed by atoms with E-state index >= 15 is 0 Å². The smallest absolute Gasteiger partial charge is 0.356 e. The molecule has 1 aliphatic rings. The molecule has 4 nitrogen and oxygen atoms in total. The first-order chi connectivity index (χ1) is 14.0. The Balaban J connectivity index is 1.64. The first-order valence-electron chi connectivity index (χ1n) is 9.66. The summed E-state index contributed by atoms with van der Waals surface area (Å²) in [6.45, 7) is 4.01. The lowest BCUT2D eigenvalue weighted by Gasteiger charge is -2.10.